The van der Waals surface area contributed by atoms with Crippen LogP contribution in [0.15, 0.2) is 48.5 Å². The molecule has 2 aromatic rings. The second kappa shape index (κ2) is 10.6. The second-order valence-electron chi connectivity index (χ2n) is 8.10. The van der Waals surface area contributed by atoms with Crippen molar-refractivity contribution in [2.45, 2.75) is 37.9 Å². The number of nitrogens with two attached hydrogens (primary N) is 2. The molecule has 1 aliphatic heterocycles. The van der Waals surface area contributed by atoms with Gasteiger partial charge in [0.1, 0.15) is 23.7 Å². The Morgan fingerprint density at radius 2 is 1.74 bits per heavy atom. The Kier molecular flexibility index (Phi) is 7.87. The van der Waals surface area contributed by atoms with E-state index in [2.05, 4.69) is 10.0 Å². The lowest BCUT2D eigenvalue weighted by atomic mass is 10.0. The van der Waals surface area contributed by atoms with Crippen molar-refractivity contribution < 1.29 is 23.1 Å². The summed E-state index contributed by atoms with van der Waals surface area (Å²) < 4.78 is 25.6. The quantitative estimate of drug-likeness (QED) is 0.207. The van der Waals surface area contributed by atoms with Gasteiger partial charge in [0.25, 0.3) is 10.2 Å². The Morgan fingerprint density at radius 3 is 2.32 bits per heavy atom. The van der Waals surface area contributed by atoms with Crippen molar-refractivity contribution in [1.29, 1.82) is 5.41 Å². The summed E-state index contributed by atoms with van der Waals surface area (Å²) in [4.78, 5) is 27.5. The van der Waals surface area contributed by atoms with Gasteiger partial charge < -0.3 is 21.1 Å². The van der Waals surface area contributed by atoms with Crippen LogP contribution in [0.1, 0.15) is 29.5 Å². The van der Waals surface area contributed by atoms with Gasteiger partial charge in [-0.1, -0.05) is 36.4 Å². The fourth-order valence-corrected chi connectivity index (χ4v) is 4.44. The van der Waals surface area contributed by atoms with E-state index in [9.17, 15) is 23.1 Å². The van der Waals surface area contributed by atoms with Gasteiger partial charge in [-0.25, -0.2) is 5.14 Å². The van der Waals surface area contributed by atoms with Crippen LogP contribution in [0, 0.1) is 5.41 Å². The average molecular weight is 489 g/mol. The minimum atomic E-state index is -4.19. The van der Waals surface area contributed by atoms with E-state index in [-0.39, 0.29) is 30.5 Å². The van der Waals surface area contributed by atoms with E-state index in [1.807, 2.05) is 0 Å². The summed E-state index contributed by atoms with van der Waals surface area (Å²) in [7, 11) is -4.19. The fourth-order valence-electron chi connectivity index (χ4n) is 3.86. The van der Waals surface area contributed by atoms with Crippen molar-refractivity contribution in [1.82, 2.24) is 14.9 Å². The molecule has 182 valence electrons. The molecule has 0 spiro atoms. The lowest BCUT2D eigenvalue weighted by molar-refractivity contribution is -0.139. The minimum Gasteiger partial charge on any atom is -0.508 e. The number of hydrogen-bond donors (Lipinski definition) is 6. The Balaban J connectivity index is 1.69. The van der Waals surface area contributed by atoms with Crippen molar-refractivity contribution in [2.24, 2.45) is 10.9 Å². The van der Waals surface area contributed by atoms with E-state index < -0.39 is 28.2 Å². The van der Waals surface area contributed by atoms with Crippen LogP contribution in [0.4, 0.5) is 0 Å². The summed E-state index contributed by atoms with van der Waals surface area (Å²) >= 11 is 0. The van der Waals surface area contributed by atoms with E-state index in [1.54, 1.807) is 36.4 Å². The Hall–Kier alpha value is -3.48. The van der Waals surface area contributed by atoms with Crippen LogP contribution in [-0.4, -0.2) is 54.7 Å². The van der Waals surface area contributed by atoms with Crippen LogP contribution in [0.2, 0.25) is 0 Å². The number of phenolic OH excluding ortho intramolecular Hbond substituents is 1. The predicted molar refractivity (Wildman–Crippen MR) is 126 cm³/mol. The standard InChI is InChI=1S/C22H28N6O5S/c23-20(24)16-7-3-15(4-8-16)13-26-21(30)19-2-1-11-28(19)22(31)18(27-34(25,32)33)12-14-5-9-17(29)10-6-14/h3-10,18-19,27,29H,1-2,11-13H2,(H3,23,24)(H,26,30)(H2,25,32,33). The normalized spacial score (nSPS) is 16.7. The first kappa shape index (κ1) is 25.1. The van der Waals surface area contributed by atoms with Crippen molar-refractivity contribution in [3.63, 3.8) is 0 Å². The largest absolute Gasteiger partial charge is 0.508 e. The summed E-state index contributed by atoms with van der Waals surface area (Å²) in [5, 5.41) is 24.8. The Labute approximate surface area is 197 Å². The third kappa shape index (κ3) is 6.76. The molecule has 0 radical (unpaired) electrons. The van der Waals surface area contributed by atoms with Gasteiger partial charge in [-0.3, -0.25) is 15.0 Å². The number of rotatable bonds is 9. The number of nitrogen functional groups attached to an aromatic ring is 1. The van der Waals surface area contributed by atoms with Gasteiger partial charge in [0.2, 0.25) is 11.8 Å². The number of aromatic hydroxyl groups is 1. The number of amides is 2. The van der Waals surface area contributed by atoms with E-state index in [1.165, 1.54) is 17.0 Å². The molecule has 1 fully saturated rings. The predicted octanol–water partition coefficient (Wildman–Crippen LogP) is -0.312. The molecule has 1 aliphatic rings. The molecule has 0 aromatic heterocycles. The molecule has 2 aromatic carbocycles. The summed E-state index contributed by atoms with van der Waals surface area (Å²) in [6.07, 6.45) is 1.05. The first-order chi connectivity index (χ1) is 16.0. The third-order valence-electron chi connectivity index (χ3n) is 5.55. The minimum absolute atomic E-state index is 0.00286. The Bertz CT molecular complexity index is 1150. The molecule has 0 saturated carbocycles. The van der Waals surface area contributed by atoms with Crippen LogP contribution in [-0.2, 0) is 32.8 Å². The number of benzene rings is 2. The molecule has 2 unspecified atom stereocenters. The zero-order valence-electron chi connectivity index (χ0n) is 18.4. The SMILES string of the molecule is N=C(N)c1ccc(CNC(=O)C2CCCN2C(=O)C(Cc2ccc(O)cc2)NS(N)(=O)=O)cc1. The smallest absolute Gasteiger partial charge is 0.275 e. The molecular weight excluding hydrogens is 460 g/mol. The molecule has 34 heavy (non-hydrogen) atoms. The highest BCUT2D eigenvalue weighted by Gasteiger charge is 2.38. The van der Waals surface area contributed by atoms with Crippen molar-refractivity contribution in [2.75, 3.05) is 6.54 Å². The Morgan fingerprint density at radius 1 is 1.12 bits per heavy atom. The number of nitrogens with zero attached hydrogens (tertiary/aromatic N) is 1. The van der Waals surface area contributed by atoms with E-state index in [4.69, 9.17) is 16.3 Å². The van der Waals surface area contributed by atoms with Crippen LogP contribution < -0.4 is 20.9 Å². The van der Waals surface area contributed by atoms with Gasteiger partial charge in [0.05, 0.1) is 0 Å². The zero-order chi connectivity index (χ0) is 24.9. The average Bonchev–Trinajstić information content (AvgIpc) is 3.27. The molecule has 2 atom stereocenters. The number of carbonyl (C=O) groups excluding carboxylic acids is 2. The van der Waals surface area contributed by atoms with Crippen LogP contribution in [0.3, 0.4) is 0 Å². The molecule has 1 heterocycles. The maximum atomic E-state index is 13.3. The molecule has 3 rings (SSSR count). The van der Waals surface area contributed by atoms with Gasteiger partial charge in [-0.05, 0) is 42.5 Å². The van der Waals surface area contributed by atoms with E-state index in [0.29, 0.717) is 30.5 Å². The number of likely N-dealkylation sites (tertiary alicyclic amines) is 1. The van der Waals surface area contributed by atoms with Gasteiger partial charge in [-0.2, -0.15) is 13.1 Å². The first-order valence-electron chi connectivity index (χ1n) is 10.6. The fraction of sp³-hybridized carbons (Fsp3) is 0.318. The number of phenols is 1. The molecule has 0 aliphatic carbocycles. The number of carbonyl (C=O) groups is 2. The monoisotopic (exact) mass is 488 g/mol. The van der Waals surface area contributed by atoms with Crippen molar-refractivity contribution in [3.05, 3.63) is 65.2 Å². The summed E-state index contributed by atoms with van der Waals surface area (Å²) in [5.74, 6) is -0.907. The summed E-state index contributed by atoms with van der Waals surface area (Å²) in [5.41, 5.74) is 7.43. The highest BCUT2D eigenvalue weighted by atomic mass is 32.2. The maximum Gasteiger partial charge on any atom is 0.275 e. The second-order valence-corrected chi connectivity index (χ2v) is 9.43. The van der Waals surface area contributed by atoms with Crippen LogP contribution in [0.5, 0.6) is 5.75 Å². The molecule has 2 amide bonds. The molecule has 8 N–H and O–H groups in total. The van der Waals surface area contributed by atoms with Gasteiger partial charge in [0.15, 0.2) is 0 Å². The van der Waals surface area contributed by atoms with Gasteiger partial charge in [-0.15, -0.1) is 0 Å². The number of nitrogens with one attached hydrogen (secondary N) is 3. The summed E-state index contributed by atoms with van der Waals surface area (Å²) in [6.45, 7) is 0.532. The van der Waals surface area contributed by atoms with Gasteiger partial charge in [0, 0.05) is 18.7 Å². The molecule has 0 bridgehead atoms. The van der Waals surface area contributed by atoms with Crippen molar-refractivity contribution in [3.8, 4) is 5.75 Å². The van der Waals surface area contributed by atoms with Crippen LogP contribution in [0.25, 0.3) is 0 Å². The maximum absolute atomic E-state index is 13.3. The first-order valence-corrected chi connectivity index (χ1v) is 12.2. The lowest BCUT2D eigenvalue weighted by Gasteiger charge is -2.28. The lowest BCUT2D eigenvalue weighted by Crippen LogP contribution is -2.55. The zero-order valence-corrected chi connectivity index (χ0v) is 19.2. The third-order valence-corrected chi connectivity index (χ3v) is 6.16. The van der Waals surface area contributed by atoms with Gasteiger partial charge >= 0.3 is 0 Å². The summed E-state index contributed by atoms with van der Waals surface area (Å²) in [6, 6.07) is 10.9. The van der Waals surface area contributed by atoms with E-state index in [0.717, 1.165) is 5.56 Å². The van der Waals surface area contributed by atoms with E-state index >= 15 is 0 Å². The highest BCUT2D eigenvalue weighted by Crippen LogP contribution is 2.21. The molecular formula is C22H28N6O5S. The molecule has 11 nitrogen and oxygen atoms in total. The number of amidine groups is 1. The number of hydrogen-bond acceptors (Lipinski definition) is 6. The van der Waals surface area contributed by atoms with Crippen LogP contribution >= 0.6 is 0 Å². The molecule has 1 saturated heterocycles. The topological polar surface area (TPSA) is 192 Å². The van der Waals surface area contributed by atoms with Crippen molar-refractivity contribution >= 4 is 27.9 Å². The highest BCUT2D eigenvalue weighted by molar-refractivity contribution is 7.87. The molecule has 12 heteroatoms.